The van der Waals surface area contributed by atoms with Crippen LogP contribution in [-0.2, 0) is 17.8 Å². The zero-order valence-corrected chi connectivity index (χ0v) is 20.6. The molecule has 1 aromatic rings. The molecule has 6 nitrogen and oxygen atoms in total. The Bertz CT molecular complexity index is 662. The normalized spacial score (nSPS) is 25.0. The molecule has 0 saturated carbocycles. The van der Waals surface area contributed by atoms with Gasteiger partial charge in [-0.3, -0.25) is 9.80 Å². The zero-order valence-electron chi connectivity index (χ0n) is 18.3. The molecule has 30 heavy (non-hydrogen) atoms. The number of aliphatic imine (C=N–C) groups is 1. The molecule has 0 radical (unpaired) electrons. The summed E-state index contributed by atoms with van der Waals surface area (Å²) < 4.78 is 6.06. The lowest BCUT2D eigenvalue weighted by atomic mass is 10.1. The van der Waals surface area contributed by atoms with Gasteiger partial charge in [0.05, 0.1) is 19.3 Å². The average molecular weight is 527 g/mol. The van der Waals surface area contributed by atoms with Crippen molar-refractivity contribution in [2.24, 2.45) is 4.99 Å². The van der Waals surface area contributed by atoms with Crippen LogP contribution in [0.1, 0.15) is 43.7 Å². The monoisotopic (exact) mass is 527 g/mol. The van der Waals surface area contributed by atoms with Crippen LogP contribution in [0.3, 0.4) is 0 Å². The van der Waals surface area contributed by atoms with Crippen LogP contribution >= 0.6 is 24.0 Å². The Hall–Kier alpha value is -0.900. The molecule has 7 heteroatoms. The first-order valence-corrected chi connectivity index (χ1v) is 11.5. The van der Waals surface area contributed by atoms with Crippen molar-refractivity contribution >= 4 is 29.9 Å². The number of nitrogens with one attached hydrogen (secondary N) is 2. The average Bonchev–Trinajstić information content (AvgIpc) is 3.42. The van der Waals surface area contributed by atoms with E-state index in [0.29, 0.717) is 12.6 Å². The molecule has 0 amide bonds. The van der Waals surface area contributed by atoms with Crippen LogP contribution in [0.2, 0.25) is 0 Å². The van der Waals surface area contributed by atoms with E-state index in [2.05, 4.69) is 51.6 Å². The first kappa shape index (κ1) is 23.8. The number of hydrogen-bond acceptors (Lipinski definition) is 4. The molecule has 0 spiro atoms. The van der Waals surface area contributed by atoms with Crippen molar-refractivity contribution in [2.45, 2.75) is 57.8 Å². The van der Waals surface area contributed by atoms with Crippen molar-refractivity contribution in [2.75, 3.05) is 45.9 Å². The molecule has 3 heterocycles. The summed E-state index contributed by atoms with van der Waals surface area (Å²) in [5.74, 6) is 0.876. The molecule has 2 unspecified atom stereocenters. The van der Waals surface area contributed by atoms with Gasteiger partial charge in [-0.1, -0.05) is 24.3 Å². The lowest BCUT2D eigenvalue weighted by molar-refractivity contribution is -0.0453. The van der Waals surface area contributed by atoms with Gasteiger partial charge in [-0.15, -0.1) is 24.0 Å². The Morgan fingerprint density at radius 1 is 1.07 bits per heavy atom. The van der Waals surface area contributed by atoms with Gasteiger partial charge >= 0.3 is 0 Å². The summed E-state index contributed by atoms with van der Waals surface area (Å²) in [5.41, 5.74) is 2.65. The predicted molar refractivity (Wildman–Crippen MR) is 134 cm³/mol. The topological polar surface area (TPSA) is 52.1 Å². The third-order valence-corrected chi connectivity index (χ3v) is 6.35. The van der Waals surface area contributed by atoms with Crippen LogP contribution in [0.5, 0.6) is 0 Å². The third kappa shape index (κ3) is 6.80. The number of fused-ring (bicyclic) bond motifs is 1. The van der Waals surface area contributed by atoms with E-state index in [1.54, 1.807) is 0 Å². The Morgan fingerprint density at radius 3 is 2.60 bits per heavy atom. The van der Waals surface area contributed by atoms with E-state index in [1.807, 2.05) is 0 Å². The third-order valence-electron chi connectivity index (χ3n) is 6.35. The van der Waals surface area contributed by atoms with Crippen molar-refractivity contribution in [3.63, 3.8) is 0 Å². The van der Waals surface area contributed by atoms with E-state index in [9.17, 15) is 0 Å². The van der Waals surface area contributed by atoms with Gasteiger partial charge in [0.15, 0.2) is 5.96 Å². The Kier molecular flexibility index (Phi) is 9.67. The van der Waals surface area contributed by atoms with E-state index in [1.165, 1.54) is 56.4 Å². The van der Waals surface area contributed by atoms with Crippen LogP contribution in [0.15, 0.2) is 29.3 Å². The van der Waals surface area contributed by atoms with E-state index in [4.69, 9.17) is 9.73 Å². The molecule has 3 aliphatic rings. The van der Waals surface area contributed by atoms with Gasteiger partial charge in [0.2, 0.25) is 0 Å². The highest BCUT2D eigenvalue weighted by Gasteiger charge is 2.32. The Balaban J connectivity index is 0.00000256. The number of guanidine groups is 1. The van der Waals surface area contributed by atoms with E-state index in [0.717, 1.165) is 38.7 Å². The fourth-order valence-electron chi connectivity index (χ4n) is 4.68. The van der Waals surface area contributed by atoms with Crippen molar-refractivity contribution in [3.05, 3.63) is 35.4 Å². The molecule has 0 aromatic heterocycles. The number of hydrogen-bond donors (Lipinski definition) is 2. The molecule has 168 valence electrons. The molecule has 1 aromatic carbocycles. The molecule has 3 aliphatic heterocycles. The van der Waals surface area contributed by atoms with E-state index >= 15 is 0 Å². The number of morpholine rings is 1. The second-order valence-corrected chi connectivity index (χ2v) is 8.62. The quantitative estimate of drug-likeness (QED) is 0.325. The minimum absolute atomic E-state index is 0. The van der Waals surface area contributed by atoms with Crippen LogP contribution in [0.25, 0.3) is 0 Å². The molecule has 3 fully saturated rings. The fourth-order valence-corrected chi connectivity index (χ4v) is 4.68. The first-order valence-electron chi connectivity index (χ1n) is 11.5. The predicted octanol–water partition coefficient (Wildman–Crippen LogP) is 2.82. The summed E-state index contributed by atoms with van der Waals surface area (Å²) in [6, 6.07) is 9.60. The number of rotatable bonds is 7. The summed E-state index contributed by atoms with van der Waals surface area (Å²) in [7, 11) is 0. The standard InChI is InChI=1S/C23H37N5O.HI/c1-2-24-23(26-15-22-17-28-13-5-6-21(28)18-29-22)25-14-19-7-9-20(10-8-19)16-27-11-3-4-12-27;/h7-10,21-22H,2-6,11-18H2,1H3,(H2,24,25,26);1H. The van der Waals surface area contributed by atoms with Crippen LogP contribution in [0.4, 0.5) is 0 Å². The Labute approximate surface area is 198 Å². The maximum Gasteiger partial charge on any atom is 0.191 e. The van der Waals surface area contributed by atoms with E-state index in [-0.39, 0.29) is 30.1 Å². The van der Waals surface area contributed by atoms with Gasteiger partial charge < -0.3 is 15.4 Å². The maximum atomic E-state index is 6.06. The highest BCUT2D eigenvalue weighted by molar-refractivity contribution is 14.0. The molecule has 0 bridgehead atoms. The van der Waals surface area contributed by atoms with Crippen LogP contribution in [0, 0.1) is 0 Å². The number of benzene rings is 1. The summed E-state index contributed by atoms with van der Waals surface area (Å²) in [6.07, 6.45) is 5.55. The maximum absolute atomic E-state index is 6.06. The second kappa shape index (κ2) is 12.2. The largest absolute Gasteiger partial charge is 0.373 e. The summed E-state index contributed by atoms with van der Waals surface area (Å²) >= 11 is 0. The lowest BCUT2D eigenvalue weighted by Crippen LogP contribution is -2.51. The van der Waals surface area contributed by atoms with Crippen molar-refractivity contribution in [1.82, 2.24) is 20.4 Å². The number of halogens is 1. The highest BCUT2D eigenvalue weighted by atomic mass is 127. The second-order valence-electron chi connectivity index (χ2n) is 8.62. The van der Waals surface area contributed by atoms with Gasteiger partial charge in [-0.2, -0.15) is 0 Å². The minimum atomic E-state index is 0. The smallest absolute Gasteiger partial charge is 0.191 e. The van der Waals surface area contributed by atoms with Crippen LogP contribution < -0.4 is 10.6 Å². The van der Waals surface area contributed by atoms with Gasteiger partial charge in [0, 0.05) is 32.2 Å². The minimum Gasteiger partial charge on any atom is -0.373 e. The van der Waals surface area contributed by atoms with Gasteiger partial charge in [-0.25, -0.2) is 4.99 Å². The molecule has 2 atom stereocenters. The highest BCUT2D eigenvalue weighted by Crippen LogP contribution is 2.22. The van der Waals surface area contributed by atoms with Crippen molar-refractivity contribution in [3.8, 4) is 0 Å². The fraction of sp³-hybridized carbons (Fsp3) is 0.696. The van der Waals surface area contributed by atoms with Gasteiger partial charge in [0.1, 0.15) is 0 Å². The van der Waals surface area contributed by atoms with Crippen LogP contribution in [-0.4, -0.2) is 73.8 Å². The Morgan fingerprint density at radius 2 is 1.83 bits per heavy atom. The molecule has 2 N–H and O–H groups in total. The molecular formula is C23H38IN5O. The van der Waals surface area contributed by atoms with Crippen molar-refractivity contribution < 1.29 is 4.74 Å². The number of nitrogens with zero attached hydrogens (tertiary/aromatic N) is 3. The zero-order chi connectivity index (χ0) is 19.9. The number of likely N-dealkylation sites (tertiary alicyclic amines) is 1. The van der Waals surface area contributed by atoms with Gasteiger partial charge in [-0.05, 0) is 63.4 Å². The first-order chi connectivity index (χ1) is 14.3. The number of ether oxygens (including phenoxy) is 1. The molecular weight excluding hydrogens is 489 g/mol. The SMILES string of the molecule is CCNC(=NCc1ccc(CN2CCCC2)cc1)NCC1CN2CCCC2CO1.I. The molecule has 4 rings (SSSR count). The summed E-state index contributed by atoms with van der Waals surface area (Å²) in [5, 5.41) is 6.84. The lowest BCUT2D eigenvalue weighted by Gasteiger charge is -2.35. The van der Waals surface area contributed by atoms with Gasteiger partial charge in [0.25, 0.3) is 0 Å². The summed E-state index contributed by atoms with van der Waals surface area (Å²) in [6.45, 7) is 11.2. The molecule has 0 aliphatic carbocycles. The molecule has 3 saturated heterocycles. The summed E-state index contributed by atoms with van der Waals surface area (Å²) in [4.78, 5) is 9.91. The van der Waals surface area contributed by atoms with E-state index < -0.39 is 0 Å². The van der Waals surface area contributed by atoms with Crippen molar-refractivity contribution in [1.29, 1.82) is 0 Å².